The zero-order valence-corrected chi connectivity index (χ0v) is 8.84. The number of halogens is 1. The number of hydrogen-bond acceptors (Lipinski definition) is 1. The Bertz CT molecular complexity index is 418. The van der Waals surface area contributed by atoms with Crippen molar-refractivity contribution >= 4 is 15.9 Å². The summed E-state index contributed by atoms with van der Waals surface area (Å²) in [5, 5.41) is 0. The molecule has 2 rings (SSSR count). The summed E-state index contributed by atoms with van der Waals surface area (Å²) in [6.07, 6.45) is 0. The first-order chi connectivity index (χ1) is 6.27. The predicted octanol–water partition coefficient (Wildman–Crippen LogP) is 4.02. The summed E-state index contributed by atoms with van der Waals surface area (Å²) in [5.74, 6) is 0.907. The average molecular weight is 237 g/mol. The zero-order valence-electron chi connectivity index (χ0n) is 7.25. The monoisotopic (exact) mass is 236 g/mol. The molecular formula is C11H9BrO. The smallest absolute Gasteiger partial charge is 0.169 e. The van der Waals surface area contributed by atoms with E-state index in [1.165, 1.54) is 5.56 Å². The largest absolute Gasteiger partial charge is 0.449 e. The maximum Gasteiger partial charge on any atom is 0.169 e. The molecule has 0 N–H and O–H groups in total. The van der Waals surface area contributed by atoms with Gasteiger partial charge in [-0.15, -0.1) is 0 Å². The molecule has 0 aliphatic carbocycles. The van der Waals surface area contributed by atoms with Crippen LogP contribution in [0.4, 0.5) is 0 Å². The number of furan rings is 1. The molecule has 0 amide bonds. The van der Waals surface area contributed by atoms with Crippen molar-refractivity contribution in [2.45, 2.75) is 6.92 Å². The van der Waals surface area contributed by atoms with Crippen LogP contribution in [0.5, 0.6) is 0 Å². The molecule has 0 unspecified atom stereocenters. The van der Waals surface area contributed by atoms with E-state index < -0.39 is 0 Å². The standard InChI is InChI=1S/C11H9BrO/c1-8-4-2-3-5-9(8)10-6-7-11(12)13-10/h2-7H,1H3. The third-order valence-corrected chi connectivity index (χ3v) is 2.41. The van der Waals surface area contributed by atoms with E-state index in [0.717, 1.165) is 16.0 Å². The molecule has 0 radical (unpaired) electrons. The minimum atomic E-state index is 0.769. The van der Waals surface area contributed by atoms with E-state index in [-0.39, 0.29) is 0 Å². The van der Waals surface area contributed by atoms with Gasteiger partial charge in [0.2, 0.25) is 0 Å². The Balaban J connectivity index is 2.52. The minimum absolute atomic E-state index is 0.769. The quantitative estimate of drug-likeness (QED) is 0.730. The SMILES string of the molecule is Cc1ccccc1-c1ccc(Br)o1. The molecule has 2 aromatic rings. The molecule has 0 saturated heterocycles. The molecule has 1 aromatic carbocycles. The van der Waals surface area contributed by atoms with Crippen molar-refractivity contribution in [3.05, 3.63) is 46.6 Å². The highest BCUT2D eigenvalue weighted by Gasteiger charge is 2.04. The fourth-order valence-electron chi connectivity index (χ4n) is 1.31. The summed E-state index contributed by atoms with van der Waals surface area (Å²) in [5.41, 5.74) is 2.37. The predicted molar refractivity (Wildman–Crippen MR) is 56.6 cm³/mol. The Hall–Kier alpha value is -1.02. The summed E-state index contributed by atoms with van der Waals surface area (Å²) >= 11 is 3.29. The molecule has 1 heterocycles. The maximum atomic E-state index is 5.47. The van der Waals surface area contributed by atoms with Gasteiger partial charge in [0.25, 0.3) is 0 Å². The van der Waals surface area contributed by atoms with E-state index >= 15 is 0 Å². The van der Waals surface area contributed by atoms with Gasteiger partial charge in [0, 0.05) is 5.56 Å². The molecule has 0 saturated carbocycles. The first-order valence-electron chi connectivity index (χ1n) is 4.09. The lowest BCUT2D eigenvalue weighted by Gasteiger charge is -2.00. The Morgan fingerprint density at radius 3 is 2.46 bits per heavy atom. The van der Waals surface area contributed by atoms with Crippen LogP contribution in [0.3, 0.4) is 0 Å². The number of benzene rings is 1. The molecule has 66 valence electrons. The van der Waals surface area contributed by atoms with Crippen LogP contribution in [0.25, 0.3) is 11.3 Å². The molecule has 13 heavy (non-hydrogen) atoms. The van der Waals surface area contributed by atoms with Gasteiger partial charge in [-0.05, 0) is 40.5 Å². The van der Waals surface area contributed by atoms with E-state index in [1.807, 2.05) is 24.3 Å². The van der Waals surface area contributed by atoms with Crippen LogP contribution in [-0.2, 0) is 0 Å². The van der Waals surface area contributed by atoms with E-state index in [9.17, 15) is 0 Å². The third-order valence-electron chi connectivity index (χ3n) is 1.98. The summed E-state index contributed by atoms with van der Waals surface area (Å²) in [4.78, 5) is 0. The van der Waals surface area contributed by atoms with Crippen LogP contribution >= 0.6 is 15.9 Å². The molecule has 0 atom stereocenters. The second-order valence-corrected chi connectivity index (χ2v) is 3.70. The van der Waals surface area contributed by atoms with Gasteiger partial charge in [-0.25, -0.2) is 0 Å². The Labute approximate surface area is 85.5 Å². The highest BCUT2D eigenvalue weighted by Crippen LogP contribution is 2.27. The molecule has 0 aliphatic rings. The van der Waals surface area contributed by atoms with Crippen LogP contribution in [0.1, 0.15) is 5.56 Å². The van der Waals surface area contributed by atoms with Gasteiger partial charge in [-0.2, -0.15) is 0 Å². The number of hydrogen-bond donors (Lipinski definition) is 0. The van der Waals surface area contributed by atoms with Crippen molar-refractivity contribution in [1.82, 2.24) is 0 Å². The summed E-state index contributed by atoms with van der Waals surface area (Å²) in [6, 6.07) is 12.0. The fourth-order valence-corrected chi connectivity index (χ4v) is 1.61. The van der Waals surface area contributed by atoms with Crippen molar-refractivity contribution < 1.29 is 4.42 Å². The summed E-state index contributed by atoms with van der Waals surface area (Å²) in [7, 11) is 0. The average Bonchev–Trinajstić information content (AvgIpc) is 2.53. The Morgan fingerprint density at radius 2 is 1.85 bits per heavy atom. The normalized spacial score (nSPS) is 10.3. The van der Waals surface area contributed by atoms with Crippen LogP contribution in [0, 0.1) is 6.92 Å². The number of rotatable bonds is 1. The lowest BCUT2D eigenvalue weighted by Crippen LogP contribution is -1.78. The molecule has 1 nitrogen and oxygen atoms in total. The maximum absolute atomic E-state index is 5.47. The minimum Gasteiger partial charge on any atom is -0.449 e. The molecule has 0 aliphatic heterocycles. The van der Waals surface area contributed by atoms with Crippen molar-refractivity contribution in [2.75, 3.05) is 0 Å². The highest BCUT2D eigenvalue weighted by atomic mass is 79.9. The number of aryl methyl sites for hydroxylation is 1. The van der Waals surface area contributed by atoms with E-state index in [2.05, 4.69) is 35.0 Å². The topological polar surface area (TPSA) is 13.1 Å². The summed E-state index contributed by atoms with van der Waals surface area (Å²) in [6.45, 7) is 2.08. The molecular weight excluding hydrogens is 228 g/mol. The van der Waals surface area contributed by atoms with Crippen LogP contribution in [-0.4, -0.2) is 0 Å². The highest BCUT2D eigenvalue weighted by molar-refractivity contribution is 9.10. The van der Waals surface area contributed by atoms with Crippen LogP contribution < -0.4 is 0 Å². The second-order valence-electron chi connectivity index (χ2n) is 2.92. The van der Waals surface area contributed by atoms with E-state index in [0.29, 0.717) is 0 Å². The van der Waals surface area contributed by atoms with Gasteiger partial charge in [0.05, 0.1) is 0 Å². The lowest BCUT2D eigenvalue weighted by atomic mass is 10.1. The van der Waals surface area contributed by atoms with Crippen molar-refractivity contribution in [1.29, 1.82) is 0 Å². The van der Waals surface area contributed by atoms with Gasteiger partial charge in [-0.3, -0.25) is 0 Å². The van der Waals surface area contributed by atoms with Crippen LogP contribution in [0.15, 0.2) is 45.5 Å². The van der Waals surface area contributed by atoms with E-state index in [4.69, 9.17) is 4.42 Å². The lowest BCUT2D eigenvalue weighted by molar-refractivity contribution is 0.555. The Kier molecular flexibility index (Phi) is 2.23. The van der Waals surface area contributed by atoms with Crippen LogP contribution in [0.2, 0.25) is 0 Å². The van der Waals surface area contributed by atoms with Gasteiger partial charge in [0.15, 0.2) is 4.67 Å². The molecule has 2 heteroatoms. The second kappa shape index (κ2) is 3.38. The van der Waals surface area contributed by atoms with Gasteiger partial charge in [0.1, 0.15) is 5.76 Å². The van der Waals surface area contributed by atoms with Gasteiger partial charge < -0.3 is 4.42 Å². The van der Waals surface area contributed by atoms with Gasteiger partial charge >= 0.3 is 0 Å². The fraction of sp³-hybridized carbons (Fsp3) is 0.0909. The zero-order chi connectivity index (χ0) is 9.26. The molecule has 1 aromatic heterocycles. The molecule has 0 bridgehead atoms. The summed E-state index contributed by atoms with van der Waals surface area (Å²) < 4.78 is 6.24. The van der Waals surface area contributed by atoms with Crippen molar-refractivity contribution in [3.8, 4) is 11.3 Å². The first kappa shape index (κ1) is 8.57. The Morgan fingerprint density at radius 1 is 1.08 bits per heavy atom. The van der Waals surface area contributed by atoms with Crippen molar-refractivity contribution in [3.63, 3.8) is 0 Å². The van der Waals surface area contributed by atoms with Crippen molar-refractivity contribution in [2.24, 2.45) is 0 Å². The third kappa shape index (κ3) is 1.68. The van der Waals surface area contributed by atoms with E-state index in [1.54, 1.807) is 0 Å². The molecule has 0 spiro atoms. The first-order valence-corrected chi connectivity index (χ1v) is 4.88. The van der Waals surface area contributed by atoms with Gasteiger partial charge in [-0.1, -0.05) is 24.3 Å². The molecule has 0 fully saturated rings.